The maximum atomic E-state index is 12.2. The van der Waals surface area contributed by atoms with Crippen LogP contribution in [0, 0.1) is 0 Å². The average molecular weight is 414 g/mol. The van der Waals surface area contributed by atoms with Gasteiger partial charge < -0.3 is 15.0 Å². The molecule has 0 bridgehead atoms. The number of urea groups is 1. The zero-order valence-corrected chi connectivity index (χ0v) is 17.6. The highest BCUT2D eigenvalue weighted by molar-refractivity contribution is 6.09. The minimum atomic E-state index is -0.520. The van der Waals surface area contributed by atoms with Gasteiger partial charge in [-0.15, -0.1) is 0 Å². The molecule has 2 aliphatic rings. The van der Waals surface area contributed by atoms with E-state index in [0.29, 0.717) is 25.5 Å². The summed E-state index contributed by atoms with van der Waals surface area (Å²) in [4.78, 5) is 39.2. The van der Waals surface area contributed by atoms with Gasteiger partial charge in [0.2, 0.25) is 5.91 Å². The molecule has 0 aliphatic carbocycles. The molecule has 2 aliphatic heterocycles. The van der Waals surface area contributed by atoms with Crippen molar-refractivity contribution in [2.24, 2.45) is 7.05 Å². The van der Waals surface area contributed by atoms with Crippen molar-refractivity contribution in [1.29, 1.82) is 0 Å². The van der Waals surface area contributed by atoms with Crippen LogP contribution in [0.5, 0.6) is 0 Å². The second-order valence-corrected chi connectivity index (χ2v) is 8.65. The number of fused-ring (bicyclic) bond motifs is 1. The molecule has 0 spiro atoms. The molecule has 2 N–H and O–H groups in total. The molecule has 0 unspecified atom stereocenters. The number of hydrogen-bond acceptors (Lipinski definition) is 6. The van der Waals surface area contributed by atoms with Crippen LogP contribution in [0.15, 0.2) is 18.2 Å². The van der Waals surface area contributed by atoms with Crippen LogP contribution in [0.4, 0.5) is 21.1 Å². The number of imide groups is 1. The summed E-state index contributed by atoms with van der Waals surface area (Å²) in [5, 5.41) is 10.5. The lowest BCUT2D eigenvalue weighted by atomic mass is 10.1. The summed E-state index contributed by atoms with van der Waals surface area (Å²) in [5.74, 6) is 0.267. The molecule has 2 aromatic rings. The number of rotatable bonds is 3. The first-order chi connectivity index (χ1) is 14.1. The Kier molecular flexibility index (Phi) is 4.79. The van der Waals surface area contributed by atoms with Gasteiger partial charge in [0.05, 0.1) is 11.6 Å². The van der Waals surface area contributed by atoms with E-state index in [1.54, 1.807) is 4.68 Å². The van der Waals surface area contributed by atoms with Crippen LogP contribution in [-0.4, -0.2) is 59.1 Å². The summed E-state index contributed by atoms with van der Waals surface area (Å²) in [5.41, 5.74) is 1.38. The highest BCUT2D eigenvalue weighted by Crippen LogP contribution is 2.31. The number of hydrogen-bond donors (Lipinski definition) is 2. The number of aromatic nitrogens is 2. The Morgan fingerprint density at radius 3 is 2.67 bits per heavy atom. The SMILES string of the molecule is Cn1nc(N2CCC(=O)NC2=O)c2ccc(N3CC(NC(=O)OC(C)(C)C)C3)cc21. The van der Waals surface area contributed by atoms with Crippen LogP contribution in [0.2, 0.25) is 0 Å². The van der Waals surface area contributed by atoms with Crippen LogP contribution in [0.3, 0.4) is 0 Å². The molecule has 1 aromatic carbocycles. The number of anilines is 2. The Bertz CT molecular complexity index is 1020. The molecule has 160 valence electrons. The zero-order chi connectivity index (χ0) is 21.6. The number of ether oxygens (including phenoxy) is 1. The van der Waals surface area contributed by atoms with Gasteiger partial charge in [-0.1, -0.05) is 0 Å². The van der Waals surface area contributed by atoms with E-state index in [4.69, 9.17) is 4.74 Å². The molecule has 0 atom stereocenters. The van der Waals surface area contributed by atoms with Crippen molar-refractivity contribution in [3.05, 3.63) is 18.2 Å². The van der Waals surface area contributed by atoms with E-state index in [0.717, 1.165) is 16.6 Å². The van der Waals surface area contributed by atoms with Gasteiger partial charge in [0.15, 0.2) is 5.82 Å². The lowest BCUT2D eigenvalue weighted by Crippen LogP contribution is -2.60. The molecule has 1 aromatic heterocycles. The molecule has 2 saturated heterocycles. The Balaban J connectivity index is 1.45. The standard InChI is InChI=1S/C20H26N6O4/c1-20(2,3)30-19(29)21-12-10-25(11-12)13-5-6-14-15(9-13)24(4)23-17(14)26-8-7-16(27)22-18(26)28/h5-6,9,12H,7-8,10-11H2,1-4H3,(H,21,29)(H,22,27,28). The predicted octanol–water partition coefficient (Wildman–Crippen LogP) is 1.73. The quantitative estimate of drug-likeness (QED) is 0.792. The van der Waals surface area contributed by atoms with Gasteiger partial charge in [-0.05, 0) is 39.0 Å². The maximum Gasteiger partial charge on any atom is 0.407 e. The molecule has 10 nitrogen and oxygen atoms in total. The summed E-state index contributed by atoms with van der Waals surface area (Å²) in [7, 11) is 1.82. The Morgan fingerprint density at radius 2 is 2.00 bits per heavy atom. The van der Waals surface area contributed by atoms with E-state index in [1.807, 2.05) is 46.0 Å². The third kappa shape index (κ3) is 3.89. The third-order valence-electron chi connectivity index (χ3n) is 5.09. The highest BCUT2D eigenvalue weighted by Gasteiger charge is 2.31. The fourth-order valence-electron chi connectivity index (χ4n) is 3.64. The molecular formula is C20H26N6O4. The van der Waals surface area contributed by atoms with Crippen LogP contribution in [0.1, 0.15) is 27.2 Å². The predicted molar refractivity (Wildman–Crippen MR) is 112 cm³/mol. The molecule has 30 heavy (non-hydrogen) atoms. The van der Waals surface area contributed by atoms with Gasteiger partial charge in [0.25, 0.3) is 0 Å². The second-order valence-electron chi connectivity index (χ2n) is 8.65. The van der Waals surface area contributed by atoms with Crippen LogP contribution in [0.25, 0.3) is 10.9 Å². The molecule has 2 fully saturated rings. The van der Waals surface area contributed by atoms with Crippen molar-refractivity contribution >= 4 is 40.4 Å². The van der Waals surface area contributed by atoms with Gasteiger partial charge in [-0.25, -0.2) is 9.59 Å². The summed E-state index contributed by atoms with van der Waals surface area (Å²) in [6.07, 6.45) is -0.154. The molecular weight excluding hydrogens is 388 g/mol. The number of alkyl carbamates (subject to hydrolysis) is 1. The summed E-state index contributed by atoms with van der Waals surface area (Å²) >= 11 is 0. The van der Waals surface area contributed by atoms with E-state index >= 15 is 0 Å². The summed E-state index contributed by atoms with van der Waals surface area (Å²) < 4.78 is 7.03. The number of amides is 4. The monoisotopic (exact) mass is 414 g/mol. The normalized spacial score (nSPS) is 17.7. The van der Waals surface area contributed by atoms with Gasteiger partial charge in [0.1, 0.15) is 5.60 Å². The third-order valence-corrected chi connectivity index (χ3v) is 5.09. The minimum Gasteiger partial charge on any atom is -0.444 e. The topological polar surface area (TPSA) is 109 Å². The summed E-state index contributed by atoms with van der Waals surface area (Å²) in [6.45, 7) is 7.19. The average Bonchev–Trinajstić information content (AvgIpc) is 2.92. The van der Waals surface area contributed by atoms with Gasteiger partial charge in [-0.2, -0.15) is 5.10 Å². The van der Waals surface area contributed by atoms with Gasteiger partial charge in [-0.3, -0.25) is 19.7 Å². The van der Waals surface area contributed by atoms with Crippen molar-refractivity contribution in [3.8, 4) is 0 Å². The van der Waals surface area contributed by atoms with Crippen LogP contribution >= 0.6 is 0 Å². The fourth-order valence-corrected chi connectivity index (χ4v) is 3.64. The minimum absolute atomic E-state index is 0.0345. The number of aryl methyl sites for hydroxylation is 1. The van der Waals surface area contributed by atoms with Crippen LogP contribution in [-0.2, 0) is 16.6 Å². The molecule has 0 radical (unpaired) electrons. The first-order valence-corrected chi connectivity index (χ1v) is 9.93. The Hall–Kier alpha value is -3.30. The van der Waals surface area contributed by atoms with Crippen molar-refractivity contribution in [3.63, 3.8) is 0 Å². The van der Waals surface area contributed by atoms with Gasteiger partial charge >= 0.3 is 12.1 Å². The maximum absolute atomic E-state index is 12.2. The number of benzene rings is 1. The van der Waals surface area contributed by atoms with E-state index in [1.165, 1.54) is 4.90 Å². The van der Waals surface area contributed by atoms with E-state index in [-0.39, 0.29) is 18.4 Å². The van der Waals surface area contributed by atoms with Crippen LogP contribution < -0.4 is 20.4 Å². The van der Waals surface area contributed by atoms with Crippen molar-refractivity contribution in [2.75, 3.05) is 29.4 Å². The Morgan fingerprint density at radius 1 is 1.27 bits per heavy atom. The molecule has 4 amide bonds. The van der Waals surface area contributed by atoms with Crippen molar-refractivity contribution in [2.45, 2.75) is 38.8 Å². The second kappa shape index (κ2) is 7.19. The smallest absolute Gasteiger partial charge is 0.407 e. The van der Waals surface area contributed by atoms with E-state index in [2.05, 4.69) is 20.6 Å². The van der Waals surface area contributed by atoms with Crippen molar-refractivity contribution < 1.29 is 19.1 Å². The molecule has 4 rings (SSSR count). The lowest BCUT2D eigenvalue weighted by Gasteiger charge is -2.41. The molecule has 10 heteroatoms. The largest absolute Gasteiger partial charge is 0.444 e. The first-order valence-electron chi connectivity index (χ1n) is 9.93. The highest BCUT2D eigenvalue weighted by atomic mass is 16.6. The number of carbonyl (C=O) groups is 3. The van der Waals surface area contributed by atoms with E-state index in [9.17, 15) is 14.4 Å². The Labute approximate surface area is 174 Å². The number of nitrogens with one attached hydrogen (secondary N) is 2. The lowest BCUT2D eigenvalue weighted by molar-refractivity contribution is -0.120. The number of nitrogens with zero attached hydrogens (tertiary/aromatic N) is 4. The molecule has 3 heterocycles. The molecule has 0 saturated carbocycles. The van der Waals surface area contributed by atoms with Crippen molar-refractivity contribution in [1.82, 2.24) is 20.4 Å². The fraction of sp³-hybridized carbons (Fsp3) is 0.500. The summed E-state index contributed by atoms with van der Waals surface area (Å²) in [6, 6.07) is 5.51. The number of carbonyl (C=O) groups excluding carboxylic acids is 3. The first kappa shape index (κ1) is 20.0. The zero-order valence-electron chi connectivity index (χ0n) is 17.6. The van der Waals surface area contributed by atoms with E-state index < -0.39 is 17.7 Å². The van der Waals surface area contributed by atoms with Gasteiger partial charge in [0, 0.05) is 44.2 Å².